The molecule has 56 heavy (non-hydrogen) atoms. The van der Waals surface area contributed by atoms with E-state index in [2.05, 4.69) is 42.7 Å². The van der Waals surface area contributed by atoms with Crippen LogP contribution in [0.15, 0.2) is 48.6 Å². The zero-order valence-corrected chi connectivity index (χ0v) is 34.3. The van der Waals surface area contributed by atoms with Crippen molar-refractivity contribution < 1.29 is 50.0 Å². The number of nitrogens with one attached hydrogen (secondary N) is 2. The lowest BCUT2D eigenvalue weighted by atomic mass is 9.89. The minimum Gasteiger partial charge on any atom is -0.395 e. The quantitative estimate of drug-likeness (QED) is 0.0300. The molecule has 0 aromatic heterocycles. The summed E-state index contributed by atoms with van der Waals surface area (Å²) in [5, 5.41) is 63.3. The molecular formula is C44H76N2O10. The first-order valence-corrected chi connectivity index (χ1v) is 21.6. The molecule has 2 saturated carbocycles. The summed E-state index contributed by atoms with van der Waals surface area (Å²) >= 11 is 0. The maximum Gasteiger partial charge on any atom is 0.220 e. The van der Waals surface area contributed by atoms with Gasteiger partial charge in [0.25, 0.3) is 0 Å². The molecule has 0 spiro atoms. The highest BCUT2D eigenvalue weighted by molar-refractivity contribution is 5.76. The fourth-order valence-electron chi connectivity index (χ4n) is 7.71. The molecule has 8 N–H and O–H groups in total. The van der Waals surface area contributed by atoms with Crippen LogP contribution >= 0.6 is 0 Å². The van der Waals surface area contributed by atoms with Gasteiger partial charge in [-0.1, -0.05) is 101 Å². The maximum absolute atomic E-state index is 11.5. The summed E-state index contributed by atoms with van der Waals surface area (Å²) in [5.74, 6) is 0.390. The Balaban J connectivity index is 0.000000387. The van der Waals surface area contributed by atoms with Gasteiger partial charge in [0, 0.05) is 56.5 Å². The molecule has 2 amide bonds. The van der Waals surface area contributed by atoms with Crippen LogP contribution in [0.5, 0.6) is 0 Å². The van der Waals surface area contributed by atoms with Gasteiger partial charge >= 0.3 is 0 Å². The minimum atomic E-state index is -0.581. The Hall–Kier alpha value is -2.42. The summed E-state index contributed by atoms with van der Waals surface area (Å²) < 4.78 is 0. The number of aliphatic hydroxyl groups excluding tert-OH is 6. The molecule has 0 unspecified atom stereocenters. The second-order valence-electron chi connectivity index (χ2n) is 15.6. The third-order valence-electron chi connectivity index (χ3n) is 11.0. The number of carbonyl (C=O) groups excluding carboxylic acids is 2. The molecule has 3 fully saturated rings. The van der Waals surface area contributed by atoms with Crippen LogP contribution in [0.25, 0.3) is 0 Å². The monoisotopic (exact) mass is 793 g/mol. The summed E-state index contributed by atoms with van der Waals surface area (Å²) in [6.07, 6.45) is 29.4. The van der Waals surface area contributed by atoms with Gasteiger partial charge in [0.05, 0.1) is 43.7 Å². The predicted molar refractivity (Wildman–Crippen MR) is 219 cm³/mol. The van der Waals surface area contributed by atoms with Crippen molar-refractivity contribution in [2.75, 3.05) is 26.3 Å². The van der Waals surface area contributed by atoms with Crippen LogP contribution in [0.3, 0.4) is 0 Å². The average Bonchev–Trinajstić information content (AvgIpc) is 3.87. The Labute approximate surface area is 336 Å². The van der Waals surface area contributed by atoms with Gasteiger partial charge in [-0.15, -0.1) is 0 Å². The van der Waals surface area contributed by atoms with Crippen LogP contribution in [-0.4, -0.2) is 105 Å². The number of amides is 2. The molecule has 322 valence electrons. The number of carbonyl (C=O) groups is 2. The van der Waals surface area contributed by atoms with E-state index >= 15 is 0 Å². The van der Waals surface area contributed by atoms with E-state index in [1.807, 2.05) is 24.3 Å². The van der Waals surface area contributed by atoms with Gasteiger partial charge in [-0.05, 0) is 57.3 Å². The first kappa shape index (κ1) is 49.7. The lowest BCUT2D eigenvalue weighted by Gasteiger charge is -2.27. The Morgan fingerprint density at radius 2 is 1.14 bits per heavy atom. The van der Waals surface area contributed by atoms with Crippen LogP contribution in [0.1, 0.15) is 129 Å². The van der Waals surface area contributed by atoms with E-state index in [4.69, 9.17) is 20.0 Å². The molecule has 2 bridgehead atoms. The molecule has 1 heterocycles. The van der Waals surface area contributed by atoms with E-state index in [9.17, 15) is 30.0 Å². The molecule has 3 rings (SSSR count). The molecular weight excluding hydrogens is 716 g/mol. The van der Waals surface area contributed by atoms with Gasteiger partial charge in [0.2, 0.25) is 11.8 Å². The minimum absolute atomic E-state index is 0.0104. The third kappa shape index (κ3) is 20.3. The summed E-state index contributed by atoms with van der Waals surface area (Å²) in [6.45, 7) is 4.84. The van der Waals surface area contributed by atoms with E-state index < -0.39 is 18.3 Å². The Kier molecular flexibility index (Phi) is 27.2. The van der Waals surface area contributed by atoms with Crippen molar-refractivity contribution >= 4 is 11.8 Å². The van der Waals surface area contributed by atoms with E-state index in [1.165, 1.54) is 0 Å². The largest absolute Gasteiger partial charge is 0.395 e. The van der Waals surface area contributed by atoms with Crippen LogP contribution < -0.4 is 10.6 Å². The molecule has 0 radical (unpaired) electrons. The highest BCUT2D eigenvalue weighted by Gasteiger charge is 2.49. The third-order valence-corrected chi connectivity index (χ3v) is 11.0. The summed E-state index contributed by atoms with van der Waals surface area (Å²) in [6, 6.07) is 0. The van der Waals surface area contributed by atoms with Crippen molar-refractivity contribution in [3.8, 4) is 0 Å². The molecule has 1 aliphatic heterocycles. The summed E-state index contributed by atoms with van der Waals surface area (Å²) in [4.78, 5) is 33.8. The lowest BCUT2D eigenvalue weighted by molar-refractivity contribution is -0.336. The highest BCUT2D eigenvalue weighted by Crippen LogP contribution is 2.45. The smallest absolute Gasteiger partial charge is 0.220 e. The van der Waals surface area contributed by atoms with Crippen LogP contribution in [0, 0.1) is 23.7 Å². The van der Waals surface area contributed by atoms with E-state index in [-0.39, 0.29) is 61.1 Å². The maximum atomic E-state index is 11.5. The van der Waals surface area contributed by atoms with Crippen molar-refractivity contribution in [3.05, 3.63) is 48.6 Å². The van der Waals surface area contributed by atoms with E-state index in [1.54, 1.807) is 6.08 Å². The van der Waals surface area contributed by atoms with Gasteiger partial charge < -0.3 is 41.3 Å². The number of allylic oxidation sites excluding steroid dienone is 4. The van der Waals surface area contributed by atoms with E-state index in [0.717, 1.165) is 89.9 Å². The molecule has 10 atom stereocenters. The fraction of sp³-hybridized carbons (Fsp3) is 0.773. The number of unbranched alkanes of at least 4 members (excludes halogenated alkanes) is 6. The van der Waals surface area contributed by atoms with Gasteiger partial charge in [0.15, 0.2) is 0 Å². The lowest BCUT2D eigenvalue weighted by Crippen LogP contribution is -2.28. The van der Waals surface area contributed by atoms with Crippen molar-refractivity contribution in [3.63, 3.8) is 0 Å². The Morgan fingerprint density at radius 3 is 1.66 bits per heavy atom. The van der Waals surface area contributed by atoms with Gasteiger partial charge in [-0.3, -0.25) is 9.59 Å². The van der Waals surface area contributed by atoms with Gasteiger partial charge in [0.1, 0.15) is 6.10 Å². The molecule has 2 aliphatic carbocycles. The summed E-state index contributed by atoms with van der Waals surface area (Å²) in [7, 11) is 0. The topological polar surface area (TPSA) is 198 Å². The van der Waals surface area contributed by atoms with Crippen molar-refractivity contribution in [2.45, 2.75) is 166 Å². The second-order valence-corrected chi connectivity index (χ2v) is 15.6. The summed E-state index contributed by atoms with van der Waals surface area (Å²) in [5.41, 5.74) is 0. The molecule has 0 aromatic rings. The number of aliphatic hydroxyl groups is 6. The molecule has 12 nitrogen and oxygen atoms in total. The number of hydrogen-bond acceptors (Lipinski definition) is 10. The predicted octanol–water partition coefficient (Wildman–Crippen LogP) is 5.11. The fourth-order valence-corrected chi connectivity index (χ4v) is 7.71. The van der Waals surface area contributed by atoms with Crippen molar-refractivity contribution in [1.29, 1.82) is 0 Å². The van der Waals surface area contributed by atoms with Crippen molar-refractivity contribution in [1.82, 2.24) is 10.6 Å². The second kappa shape index (κ2) is 30.6. The van der Waals surface area contributed by atoms with Gasteiger partial charge in [-0.2, -0.15) is 0 Å². The molecule has 12 heteroatoms. The average molecular weight is 793 g/mol. The van der Waals surface area contributed by atoms with E-state index in [0.29, 0.717) is 44.7 Å². The SMILES string of the molecule is CCCCC[C@H](O)/C=C/[C@@H]1[C@@H](C/C=C\CCCC(=O)NCCO)[C@@H](O)C[C@H]1O.CCCCC[C@H](O)/C=C/[C@@H]1[C@@H](C/C=C\CCCC(=O)NCCO)[C@@H]2C[C@H]1OO2. The van der Waals surface area contributed by atoms with Crippen LogP contribution in [0.4, 0.5) is 0 Å². The Morgan fingerprint density at radius 1 is 0.643 bits per heavy atom. The van der Waals surface area contributed by atoms with Crippen LogP contribution in [0.2, 0.25) is 0 Å². The Bertz CT molecular complexity index is 1100. The van der Waals surface area contributed by atoms with Crippen molar-refractivity contribution in [2.24, 2.45) is 23.7 Å². The number of fused-ring (bicyclic) bond motifs is 2. The zero-order chi connectivity index (χ0) is 41.0. The number of rotatable bonds is 28. The number of hydrogen-bond donors (Lipinski definition) is 8. The normalized spacial score (nSPS) is 27.1. The molecule has 3 aliphatic rings. The van der Waals surface area contributed by atoms with Crippen LogP contribution in [-0.2, 0) is 19.4 Å². The first-order chi connectivity index (χ1) is 27.1. The zero-order valence-electron chi connectivity index (χ0n) is 34.3. The molecule has 1 saturated heterocycles. The standard InChI is InChI=1S/C22H37NO5.C22H39NO5/c1-2-3-6-9-17(25)12-13-19-18(20-16-21(19)28-27-20)10-7-4-5-8-11-22(26)23-14-15-24;1-2-3-6-9-17(25)12-13-19-18(20(26)16-21(19)27)10-7-4-5-8-11-22(28)23-14-15-24/h4,7,12-13,17-21,24-25H,2-3,5-6,8-11,14-16H2,1H3,(H,23,26);4,7,12-13,17-21,24-27H,2-3,5-6,8-11,14-16H2,1H3,(H,23,28)/b2*7-4-,13-12+/t2*17-,18+,19+,20-,21+/m00/s1. The van der Waals surface area contributed by atoms with Gasteiger partial charge in [-0.25, -0.2) is 9.78 Å². The molecule has 0 aromatic carbocycles. The highest BCUT2D eigenvalue weighted by atomic mass is 17.2. The first-order valence-electron chi connectivity index (χ1n) is 21.6.